The first-order chi connectivity index (χ1) is 12.1. The predicted octanol–water partition coefficient (Wildman–Crippen LogP) is 2.84. The van der Waals surface area contributed by atoms with Crippen LogP contribution < -0.4 is 5.32 Å². The lowest BCUT2D eigenvalue weighted by Gasteiger charge is -2.22. The molecular formula is C18H22FN3O4. The van der Waals surface area contributed by atoms with Crippen molar-refractivity contribution < 1.29 is 23.8 Å². The molecule has 0 saturated carbocycles. The summed E-state index contributed by atoms with van der Waals surface area (Å²) in [5.74, 6) is -1.53. The Morgan fingerprint density at radius 2 is 1.92 bits per heavy atom. The number of hydrogen-bond donors (Lipinski definition) is 2. The van der Waals surface area contributed by atoms with Gasteiger partial charge >= 0.3 is 12.1 Å². The molecule has 1 aromatic heterocycles. The minimum Gasteiger partial charge on any atom is -0.480 e. The van der Waals surface area contributed by atoms with Gasteiger partial charge in [-0.25, -0.2) is 18.7 Å². The van der Waals surface area contributed by atoms with Crippen LogP contribution in [0.15, 0.2) is 30.5 Å². The van der Waals surface area contributed by atoms with Crippen LogP contribution in [0.1, 0.15) is 32.0 Å². The second-order valence-corrected chi connectivity index (χ2v) is 6.88. The molecule has 1 atom stereocenters. The van der Waals surface area contributed by atoms with Crippen molar-refractivity contribution in [2.45, 2.75) is 45.8 Å². The molecule has 1 heterocycles. The Bertz CT molecular complexity index is 794. The van der Waals surface area contributed by atoms with Crippen LogP contribution in [-0.2, 0) is 16.0 Å². The van der Waals surface area contributed by atoms with Gasteiger partial charge in [-0.05, 0) is 57.5 Å². The molecule has 2 N–H and O–H groups in total. The molecule has 0 saturated heterocycles. The first-order valence-electron chi connectivity index (χ1n) is 8.08. The summed E-state index contributed by atoms with van der Waals surface area (Å²) in [5.41, 5.74) is 1.28. The molecule has 0 fully saturated rings. The standard InChI is InChI=1S/C18H22FN3O4/c1-11-12(10-20-22(11)14-7-5-13(19)6-8-14)9-15(16(23)24)21-17(25)26-18(2,3)4/h5-8,10,15H,9H2,1-4H3,(H,21,25)(H,23,24). The second kappa shape index (κ2) is 7.55. The molecule has 7 nitrogen and oxygen atoms in total. The lowest BCUT2D eigenvalue weighted by molar-refractivity contribution is -0.139. The molecule has 26 heavy (non-hydrogen) atoms. The van der Waals surface area contributed by atoms with Crippen LogP contribution in [-0.4, -0.2) is 38.6 Å². The fourth-order valence-electron chi connectivity index (χ4n) is 2.36. The summed E-state index contributed by atoms with van der Waals surface area (Å²) in [7, 11) is 0. The molecule has 2 rings (SSSR count). The minimum absolute atomic E-state index is 0.0433. The lowest BCUT2D eigenvalue weighted by atomic mass is 10.1. The molecular weight excluding hydrogens is 341 g/mol. The van der Waals surface area contributed by atoms with E-state index in [9.17, 15) is 19.1 Å². The Morgan fingerprint density at radius 3 is 2.46 bits per heavy atom. The Balaban J connectivity index is 2.16. The van der Waals surface area contributed by atoms with E-state index in [0.29, 0.717) is 16.9 Å². The van der Waals surface area contributed by atoms with Gasteiger partial charge in [-0.3, -0.25) is 0 Å². The molecule has 0 radical (unpaired) electrons. The maximum atomic E-state index is 13.1. The van der Waals surface area contributed by atoms with E-state index in [1.54, 1.807) is 44.5 Å². The van der Waals surface area contributed by atoms with Gasteiger partial charge in [0.15, 0.2) is 0 Å². The van der Waals surface area contributed by atoms with Gasteiger partial charge in [-0.15, -0.1) is 0 Å². The summed E-state index contributed by atoms with van der Waals surface area (Å²) < 4.78 is 19.7. The number of alkyl carbamates (subject to hydrolysis) is 1. The molecule has 2 aromatic rings. The van der Waals surface area contributed by atoms with E-state index in [0.717, 1.165) is 0 Å². The molecule has 0 spiro atoms. The number of nitrogens with one attached hydrogen (secondary N) is 1. The number of amides is 1. The number of aliphatic carboxylic acids is 1. The number of rotatable bonds is 5. The topological polar surface area (TPSA) is 93.4 Å². The van der Waals surface area contributed by atoms with Crippen molar-refractivity contribution >= 4 is 12.1 Å². The van der Waals surface area contributed by atoms with Crippen LogP contribution in [0, 0.1) is 12.7 Å². The third-order valence-corrected chi connectivity index (χ3v) is 3.60. The van der Waals surface area contributed by atoms with Crippen molar-refractivity contribution in [1.82, 2.24) is 15.1 Å². The molecule has 0 aliphatic carbocycles. The van der Waals surface area contributed by atoms with Gasteiger partial charge in [0, 0.05) is 12.1 Å². The number of carbonyl (C=O) groups is 2. The Hall–Kier alpha value is -2.90. The highest BCUT2D eigenvalue weighted by Gasteiger charge is 2.25. The van der Waals surface area contributed by atoms with Crippen molar-refractivity contribution in [3.05, 3.63) is 47.5 Å². The van der Waals surface area contributed by atoms with Crippen LogP contribution in [0.25, 0.3) is 5.69 Å². The monoisotopic (exact) mass is 363 g/mol. The van der Waals surface area contributed by atoms with Crippen molar-refractivity contribution in [2.75, 3.05) is 0 Å². The Kier molecular flexibility index (Phi) is 5.64. The number of halogens is 1. The molecule has 1 unspecified atom stereocenters. The number of ether oxygens (including phenoxy) is 1. The lowest BCUT2D eigenvalue weighted by Crippen LogP contribution is -2.44. The summed E-state index contributed by atoms with van der Waals surface area (Å²) in [6, 6.07) is 4.63. The fraction of sp³-hybridized carbons (Fsp3) is 0.389. The average Bonchev–Trinajstić information content (AvgIpc) is 2.86. The first kappa shape index (κ1) is 19.4. The normalized spacial score (nSPS) is 12.5. The number of benzene rings is 1. The molecule has 140 valence electrons. The maximum absolute atomic E-state index is 13.1. The Labute approximate surface area is 150 Å². The van der Waals surface area contributed by atoms with E-state index in [4.69, 9.17) is 4.74 Å². The summed E-state index contributed by atoms with van der Waals surface area (Å²) in [4.78, 5) is 23.3. The predicted molar refractivity (Wildman–Crippen MR) is 92.8 cm³/mol. The number of aromatic nitrogens is 2. The Morgan fingerprint density at radius 1 is 1.31 bits per heavy atom. The number of carboxylic acids is 1. The highest BCUT2D eigenvalue weighted by molar-refractivity contribution is 5.80. The minimum atomic E-state index is -1.18. The summed E-state index contributed by atoms with van der Waals surface area (Å²) in [5, 5.41) is 16.0. The zero-order chi connectivity index (χ0) is 19.5. The summed E-state index contributed by atoms with van der Waals surface area (Å²) in [6.45, 7) is 6.86. The van der Waals surface area contributed by atoms with Gasteiger partial charge in [0.2, 0.25) is 0 Å². The average molecular weight is 363 g/mol. The summed E-state index contributed by atoms with van der Waals surface area (Å²) >= 11 is 0. The van der Waals surface area contributed by atoms with Crippen LogP contribution in [0.2, 0.25) is 0 Å². The third kappa shape index (κ3) is 5.05. The SMILES string of the molecule is Cc1c(CC(NC(=O)OC(C)(C)C)C(=O)O)cnn1-c1ccc(F)cc1. The highest BCUT2D eigenvalue weighted by Crippen LogP contribution is 2.16. The van der Waals surface area contributed by atoms with E-state index in [-0.39, 0.29) is 12.2 Å². The van der Waals surface area contributed by atoms with E-state index in [2.05, 4.69) is 10.4 Å². The second-order valence-electron chi connectivity index (χ2n) is 6.88. The van der Waals surface area contributed by atoms with Crippen molar-refractivity contribution in [1.29, 1.82) is 0 Å². The zero-order valence-electron chi connectivity index (χ0n) is 15.1. The van der Waals surface area contributed by atoms with Crippen LogP contribution in [0.3, 0.4) is 0 Å². The largest absolute Gasteiger partial charge is 0.480 e. The van der Waals surface area contributed by atoms with E-state index >= 15 is 0 Å². The van der Waals surface area contributed by atoms with Gasteiger partial charge in [-0.2, -0.15) is 5.10 Å². The molecule has 0 aliphatic heterocycles. The summed E-state index contributed by atoms with van der Waals surface area (Å²) in [6.07, 6.45) is 0.779. The molecule has 1 aromatic carbocycles. The molecule has 0 bridgehead atoms. The quantitative estimate of drug-likeness (QED) is 0.852. The molecule has 1 amide bonds. The number of hydrogen-bond acceptors (Lipinski definition) is 4. The number of carbonyl (C=O) groups excluding carboxylic acids is 1. The van der Waals surface area contributed by atoms with Gasteiger partial charge < -0.3 is 15.2 Å². The number of carboxylic acid groups (broad SMARTS) is 1. The van der Waals surface area contributed by atoms with Crippen molar-refractivity contribution in [3.8, 4) is 5.69 Å². The maximum Gasteiger partial charge on any atom is 0.408 e. The third-order valence-electron chi connectivity index (χ3n) is 3.60. The van der Waals surface area contributed by atoms with E-state index in [1.807, 2.05) is 0 Å². The van der Waals surface area contributed by atoms with Gasteiger partial charge in [-0.1, -0.05) is 0 Å². The first-order valence-corrected chi connectivity index (χ1v) is 8.08. The molecule has 0 aliphatic rings. The van der Waals surface area contributed by atoms with E-state index < -0.39 is 23.7 Å². The van der Waals surface area contributed by atoms with Crippen molar-refractivity contribution in [2.24, 2.45) is 0 Å². The van der Waals surface area contributed by atoms with Crippen LogP contribution in [0.5, 0.6) is 0 Å². The number of nitrogens with zero attached hydrogens (tertiary/aromatic N) is 2. The van der Waals surface area contributed by atoms with Gasteiger partial charge in [0.05, 0.1) is 11.9 Å². The fourth-order valence-corrected chi connectivity index (χ4v) is 2.36. The van der Waals surface area contributed by atoms with Crippen molar-refractivity contribution in [3.63, 3.8) is 0 Å². The van der Waals surface area contributed by atoms with Crippen LogP contribution >= 0.6 is 0 Å². The van der Waals surface area contributed by atoms with Gasteiger partial charge in [0.1, 0.15) is 17.5 Å². The molecule has 8 heteroatoms. The van der Waals surface area contributed by atoms with Gasteiger partial charge in [0.25, 0.3) is 0 Å². The van der Waals surface area contributed by atoms with Crippen LogP contribution in [0.4, 0.5) is 9.18 Å². The smallest absolute Gasteiger partial charge is 0.408 e. The highest BCUT2D eigenvalue weighted by atomic mass is 19.1. The van der Waals surface area contributed by atoms with E-state index in [1.165, 1.54) is 18.3 Å². The zero-order valence-corrected chi connectivity index (χ0v) is 15.1.